The van der Waals surface area contributed by atoms with Gasteiger partial charge in [0.25, 0.3) is 5.91 Å². The second-order valence-electron chi connectivity index (χ2n) is 6.30. The van der Waals surface area contributed by atoms with Crippen LogP contribution in [-0.4, -0.2) is 24.2 Å². The average molecular weight is 364 g/mol. The Hall–Kier alpha value is -1.43. The van der Waals surface area contributed by atoms with E-state index in [1.165, 1.54) is 0 Å². The first-order valence-corrected chi connectivity index (χ1v) is 8.34. The SMILES string of the molecule is Cc1ccc(Cl)c(OC(C)C(=O)NC2CCCC(C(F)(F)F)C2)c1. The molecule has 0 aromatic heterocycles. The molecule has 0 radical (unpaired) electrons. The molecule has 0 spiro atoms. The van der Waals surface area contributed by atoms with Crippen LogP contribution in [0.5, 0.6) is 5.75 Å². The van der Waals surface area contributed by atoms with Crippen LogP contribution in [0, 0.1) is 12.8 Å². The van der Waals surface area contributed by atoms with Crippen molar-refractivity contribution < 1.29 is 22.7 Å². The fraction of sp³-hybridized carbons (Fsp3) is 0.588. The number of alkyl halides is 3. The summed E-state index contributed by atoms with van der Waals surface area (Å²) in [5.74, 6) is -1.39. The topological polar surface area (TPSA) is 38.3 Å². The van der Waals surface area contributed by atoms with E-state index in [0.29, 0.717) is 23.6 Å². The molecule has 1 N–H and O–H groups in total. The molecule has 7 heteroatoms. The molecule has 3 unspecified atom stereocenters. The third-order valence-corrected chi connectivity index (χ3v) is 4.56. The van der Waals surface area contributed by atoms with Crippen LogP contribution in [0.4, 0.5) is 13.2 Å². The number of halogens is 4. The average Bonchev–Trinajstić information content (AvgIpc) is 2.50. The quantitative estimate of drug-likeness (QED) is 0.845. The lowest BCUT2D eigenvalue weighted by molar-refractivity contribution is -0.184. The van der Waals surface area contributed by atoms with E-state index in [9.17, 15) is 18.0 Å². The van der Waals surface area contributed by atoms with Crippen LogP contribution >= 0.6 is 11.6 Å². The third-order valence-electron chi connectivity index (χ3n) is 4.24. The van der Waals surface area contributed by atoms with Gasteiger partial charge in [0.05, 0.1) is 10.9 Å². The van der Waals surface area contributed by atoms with Crippen molar-refractivity contribution in [3.8, 4) is 5.75 Å². The second-order valence-corrected chi connectivity index (χ2v) is 6.71. The van der Waals surface area contributed by atoms with Gasteiger partial charge in [0, 0.05) is 6.04 Å². The van der Waals surface area contributed by atoms with Gasteiger partial charge in [0.1, 0.15) is 5.75 Å². The summed E-state index contributed by atoms with van der Waals surface area (Å²) in [6.45, 7) is 3.42. The van der Waals surface area contributed by atoms with Gasteiger partial charge >= 0.3 is 6.18 Å². The van der Waals surface area contributed by atoms with Crippen molar-refractivity contribution in [1.82, 2.24) is 5.32 Å². The molecule has 1 aromatic carbocycles. The molecule has 0 heterocycles. The summed E-state index contributed by atoms with van der Waals surface area (Å²) in [4.78, 5) is 12.2. The number of rotatable bonds is 4. The highest BCUT2D eigenvalue weighted by molar-refractivity contribution is 6.32. The molecule has 3 nitrogen and oxygen atoms in total. The molecule has 0 aliphatic heterocycles. The Bertz CT molecular complexity index is 592. The summed E-state index contributed by atoms with van der Waals surface area (Å²) in [5, 5.41) is 3.05. The lowest BCUT2D eigenvalue weighted by atomic mass is 9.85. The van der Waals surface area contributed by atoms with E-state index < -0.39 is 30.1 Å². The van der Waals surface area contributed by atoms with E-state index in [1.807, 2.05) is 13.0 Å². The van der Waals surface area contributed by atoms with Crippen LogP contribution in [-0.2, 0) is 4.79 Å². The zero-order valence-electron chi connectivity index (χ0n) is 13.6. The standard InChI is InChI=1S/C17H21ClF3NO2/c1-10-6-7-14(18)15(8-10)24-11(2)16(23)22-13-5-3-4-12(9-13)17(19,20)21/h6-8,11-13H,3-5,9H2,1-2H3,(H,22,23). The summed E-state index contributed by atoms with van der Waals surface area (Å²) in [6.07, 6.45) is -3.99. The molecular weight excluding hydrogens is 343 g/mol. The Morgan fingerprint density at radius 3 is 2.75 bits per heavy atom. The fourth-order valence-corrected chi connectivity index (χ4v) is 3.04. The minimum absolute atomic E-state index is 0.0762. The minimum atomic E-state index is -4.21. The molecule has 3 atom stereocenters. The number of amides is 1. The summed E-state index contributed by atoms with van der Waals surface area (Å²) in [6, 6.07) is 4.73. The van der Waals surface area contributed by atoms with Gasteiger partial charge in [-0.1, -0.05) is 24.1 Å². The first-order valence-electron chi connectivity index (χ1n) is 7.96. The Labute approximate surface area is 144 Å². The number of nitrogens with one attached hydrogen (secondary N) is 1. The highest BCUT2D eigenvalue weighted by atomic mass is 35.5. The van der Waals surface area contributed by atoms with Crippen molar-refractivity contribution in [3.63, 3.8) is 0 Å². The second kappa shape index (κ2) is 7.64. The predicted octanol–water partition coefficient (Wildman–Crippen LogP) is 4.65. The van der Waals surface area contributed by atoms with Crippen molar-refractivity contribution in [2.24, 2.45) is 5.92 Å². The van der Waals surface area contributed by atoms with Gasteiger partial charge < -0.3 is 10.1 Å². The molecule has 24 heavy (non-hydrogen) atoms. The molecule has 1 aliphatic rings. The van der Waals surface area contributed by atoms with E-state index in [4.69, 9.17) is 16.3 Å². The van der Waals surface area contributed by atoms with Crippen LogP contribution in [0.3, 0.4) is 0 Å². The minimum Gasteiger partial charge on any atom is -0.479 e. The normalized spacial score (nSPS) is 22.8. The van der Waals surface area contributed by atoms with Crippen molar-refractivity contribution in [2.75, 3.05) is 0 Å². The maximum absolute atomic E-state index is 12.8. The maximum Gasteiger partial charge on any atom is 0.391 e. The molecule has 1 aromatic rings. The van der Waals surface area contributed by atoms with E-state index in [0.717, 1.165) is 5.56 Å². The van der Waals surface area contributed by atoms with Crippen LogP contribution in [0.1, 0.15) is 38.2 Å². The van der Waals surface area contributed by atoms with Crippen LogP contribution in [0.25, 0.3) is 0 Å². The van der Waals surface area contributed by atoms with Crippen molar-refractivity contribution in [3.05, 3.63) is 28.8 Å². The molecule has 1 saturated carbocycles. The number of aryl methyl sites for hydroxylation is 1. The van der Waals surface area contributed by atoms with Gasteiger partial charge in [0.15, 0.2) is 6.10 Å². The summed E-state index contributed by atoms with van der Waals surface area (Å²) in [5.41, 5.74) is 0.933. The van der Waals surface area contributed by atoms with Gasteiger partial charge in [-0.25, -0.2) is 0 Å². The Morgan fingerprint density at radius 2 is 2.08 bits per heavy atom. The lowest BCUT2D eigenvalue weighted by Gasteiger charge is -2.31. The Kier molecular flexibility index (Phi) is 6.01. The van der Waals surface area contributed by atoms with E-state index in [-0.39, 0.29) is 12.8 Å². The monoisotopic (exact) mass is 363 g/mol. The largest absolute Gasteiger partial charge is 0.479 e. The first-order chi connectivity index (χ1) is 11.2. The van der Waals surface area contributed by atoms with Gasteiger partial charge in [0.2, 0.25) is 0 Å². The Morgan fingerprint density at radius 1 is 1.38 bits per heavy atom. The van der Waals surface area contributed by atoms with Crippen LogP contribution in [0.2, 0.25) is 5.02 Å². The van der Waals surface area contributed by atoms with Gasteiger partial charge in [-0.05, 0) is 50.8 Å². The summed E-state index contributed by atoms with van der Waals surface area (Å²) < 4.78 is 44.0. The molecule has 0 bridgehead atoms. The van der Waals surface area contributed by atoms with E-state index >= 15 is 0 Å². The zero-order chi connectivity index (χ0) is 17.9. The van der Waals surface area contributed by atoms with Gasteiger partial charge in [-0.3, -0.25) is 4.79 Å². The van der Waals surface area contributed by atoms with Gasteiger partial charge in [-0.15, -0.1) is 0 Å². The smallest absolute Gasteiger partial charge is 0.391 e. The lowest BCUT2D eigenvalue weighted by Crippen LogP contribution is -2.46. The van der Waals surface area contributed by atoms with Gasteiger partial charge in [-0.2, -0.15) is 13.2 Å². The molecule has 0 saturated heterocycles. The number of benzene rings is 1. The number of carbonyl (C=O) groups is 1. The highest BCUT2D eigenvalue weighted by Gasteiger charge is 2.42. The number of hydrogen-bond acceptors (Lipinski definition) is 2. The van der Waals surface area contributed by atoms with Crippen molar-refractivity contribution in [1.29, 1.82) is 0 Å². The summed E-state index contributed by atoms with van der Waals surface area (Å²) in [7, 11) is 0. The predicted molar refractivity (Wildman–Crippen MR) is 86.2 cm³/mol. The number of hydrogen-bond donors (Lipinski definition) is 1. The maximum atomic E-state index is 12.8. The molecule has 1 aliphatic carbocycles. The molecule has 1 fully saturated rings. The number of ether oxygens (including phenoxy) is 1. The van der Waals surface area contributed by atoms with Crippen LogP contribution in [0.15, 0.2) is 18.2 Å². The van der Waals surface area contributed by atoms with Crippen LogP contribution < -0.4 is 10.1 Å². The summed E-state index contributed by atoms with van der Waals surface area (Å²) >= 11 is 6.02. The van der Waals surface area contributed by atoms with Crippen molar-refractivity contribution in [2.45, 2.75) is 57.9 Å². The van der Waals surface area contributed by atoms with Crippen molar-refractivity contribution >= 4 is 17.5 Å². The Balaban J connectivity index is 1.93. The van der Waals surface area contributed by atoms with E-state index in [1.54, 1.807) is 19.1 Å². The zero-order valence-corrected chi connectivity index (χ0v) is 14.4. The molecule has 134 valence electrons. The van der Waals surface area contributed by atoms with E-state index in [2.05, 4.69) is 5.32 Å². The molecule has 1 amide bonds. The first kappa shape index (κ1) is 18.9. The molecule has 2 rings (SSSR count). The molecular formula is C17H21ClF3NO2. The fourth-order valence-electron chi connectivity index (χ4n) is 2.88. The number of carbonyl (C=O) groups excluding carboxylic acids is 1. The highest BCUT2D eigenvalue weighted by Crippen LogP contribution is 2.37. The third kappa shape index (κ3) is 5.03.